The average molecular weight is 286 g/mol. The van der Waals surface area contributed by atoms with Gasteiger partial charge in [-0.3, -0.25) is 0 Å². The Morgan fingerprint density at radius 1 is 1.30 bits per heavy atom. The quantitative estimate of drug-likeness (QED) is 0.789. The van der Waals surface area contributed by atoms with Gasteiger partial charge in [0.25, 0.3) is 0 Å². The molecule has 0 radical (unpaired) electrons. The highest BCUT2D eigenvalue weighted by atomic mass is 19.2. The largest absolute Gasteiger partial charge is 0.465 e. The molecule has 0 saturated heterocycles. The van der Waals surface area contributed by atoms with Crippen molar-refractivity contribution in [2.45, 2.75) is 32.2 Å². The molecule has 1 aromatic rings. The fourth-order valence-corrected chi connectivity index (χ4v) is 1.72. The average Bonchev–Trinajstić information content (AvgIpc) is 2.47. The summed E-state index contributed by atoms with van der Waals surface area (Å²) in [5.74, 6) is -3.25. The molecule has 0 saturated carbocycles. The van der Waals surface area contributed by atoms with Crippen molar-refractivity contribution in [3.8, 4) is 0 Å². The van der Waals surface area contributed by atoms with Gasteiger partial charge in [0, 0.05) is 12.1 Å². The molecule has 0 bridgehead atoms. The second kappa shape index (κ2) is 6.65. The molecule has 1 aromatic carbocycles. The lowest BCUT2D eigenvalue weighted by molar-refractivity contribution is 0.0594. The molecule has 0 unspecified atom stereocenters. The van der Waals surface area contributed by atoms with Crippen molar-refractivity contribution in [2.24, 2.45) is 5.73 Å². The van der Waals surface area contributed by atoms with Gasteiger partial charge in [0.05, 0.1) is 18.4 Å². The van der Waals surface area contributed by atoms with Crippen LogP contribution in [0.4, 0.5) is 14.5 Å². The zero-order valence-corrected chi connectivity index (χ0v) is 11.9. The third-order valence-electron chi connectivity index (χ3n) is 3.53. The van der Waals surface area contributed by atoms with Crippen LogP contribution in [0.2, 0.25) is 0 Å². The molecule has 112 valence electrons. The maximum Gasteiger partial charge on any atom is 0.340 e. The van der Waals surface area contributed by atoms with Crippen LogP contribution >= 0.6 is 0 Å². The Morgan fingerprint density at radius 2 is 1.90 bits per heavy atom. The van der Waals surface area contributed by atoms with E-state index in [0.29, 0.717) is 19.4 Å². The van der Waals surface area contributed by atoms with Crippen LogP contribution in [-0.2, 0) is 4.74 Å². The summed E-state index contributed by atoms with van der Waals surface area (Å²) in [6.07, 6.45) is 1.42. The molecular weight excluding hydrogens is 266 g/mol. The summed E-state index contributed by atoms with van der Waals surface area (Å²) in [6.45, 7) is 4.18. The normalized spacial score (nSPS) is 11.3. The van der Waals surface area contributed by atoms with Crippen molar-refractivity contribution in [3.05, 3.63) is 29.3 Å². The molecule has 0 aliphatic carbocycles. The maximum atomic E-state index is 13.9. The van der Waals surface area contributed by atoms with Crippen LogP contribution in [0.25, 0.3) is 0 Å². The molecule has 0 fully saturated rings. The number of rotatable bonds is 6. The maximum absolute atomic E-state index is 13.9. The van der Waals surface area contributed by atoms with Gasteiger partial charge < -0.3 is 15.8 Å². The van der Waals surface area contributed by atoms with Gasteiger partial charge in [-0.2, -0.15) is 0 Å². The van der Waals surface area contributed by atoms with Gasteiger partial charge >= 0.3 is 5.97 Å². The van der Waals surface area contributed by atoms with E-state index in [1.807, 2.05) is 13.8 Å². The molecule has 0 aliphatic rings. The second-order valence-corrected chi connectivity index (χ2v) is 4.70. The first-order valence-electron chi connectivity index (χ1n) is 6.47. The minimum absolute atomic E-state index is 0.0214. The molecule has 0 spiro atoms. The van der Waals surface area contributed by atoms with Crippen molar-refractivity contribution >= 4 is 11.7 Å². The van der Waals surface area contributed by atoms with E-state index in [4.69, 9.17) is 5.73 Å². The predicted molar refractivity (Wildman–Crippen MR) is 73.7 cm³/mol. The van der Waals surface area contributed by atoms with E-state index in [-0.39, 0.29) is 5.69 Å². The number of hydrogen-bond donors (Lipinski definition) is 2. The molecule has 4 nitrogen and oxygen atoms in total. The lowest BCUT2D eigenvalue weighted by Gasteiger charge is -2.27. The lowest BCUT2D eigenvalue weighted by Crippen LogP contribution is -2.45. The van der Waals surface area contributed by atoms with Crippen LogP contribution in [0, 0.1) is 11.6 Å². The van der Waals surface area contributed by atoms with E-state index in [9.17, 15) is 13.6 Å². The summed E-state index contributed by atoms with van der Waals surface area (Å²) < 4.78 is 32.0. The zero-order chi connectivity index (χ0) is 15.3. The van der Waals surface area contributed by atoms with E-state index in [1.54, 1.807) is 0 Å². The van der Waals surface area contributed by atoms with Gasteiger partial charge in [0.2, 0.25) is 0 Å². The monoisotopic (exact) mass is 286 g/mol. The molecule has 0 amide bonds. The van der Waals surface area contributed by atoms with Crippen LogP contribution in [0.1, 0.15) is 37.0 Å². The summed E-state index contributed by atoms with van der Waals surface area (Å²) in [5, 5.41) is 2.79. The van der Waals surface area contributed by atoms with Gasteiger partial charge in [0.1, 0.15) is 0 Å². The number of methoxy groups -OCH3 is 1. The van der Waals surface area contributed by atoms with Gasteiger partial charge in [-0.25, -0.2) is 13.6 Å². The Kier molecular flexibility index (Phi) is 5.44. The van der Waals surface area contributed by atoms with Crippen molar-refractivity contribution in [3.63, 3.8) is 0 Å². The first-order valence-corrected chi connectivity index (χ1v) is 6.47. The number of nitrogens with one attached hydrogen (secondary N) is 1. The van der Waals surface area contributed by atoms with E-state index in [0.717, 1.165) is 7.11 Å². The van der Waals surface area contributed by atoms with Crippen LogP contribution in [0.3, 0.4) is 0 Å². The third kappa shape index (κ3) is 3.45. The van der Waals surface area contributed by atoms with E-state index in [1.165, 1.54) is 12.1 Å². The molecular formula is C14H20F2N2O2. The zero-order valence-electron chi connectivity index (χ0n) is 11.9. The van der Waals surface area contributed by atoms with Crippen LogP contribution < -0.4 is 11.1 Å². The fraction of sp³-hybridized carbons (Fsp3) is 0.500. The van der Waals surface area contributed by atoms with Gasteiger partial charge in [0.15, 0.2) is 11.6 Å². The summed E-state index contributed by atoms with van der Waals surface area (Å²) in [7, 11) is 1.11. The number of anilines is 1. The molecule has 20 heavy (non-hydrogen) atoms. The van der Waals surface area contributed by atoms with Crippen LogP contribution in [0.15, 0.2) is 12.1 Å². The third-order valence-corrected chi connectivity index (χ3v) is 3.53. The molecule has 0 atom stereocenters. The Balaban J connectivity index is 2.94. The number of carbonyl (C=O) groups excluding carboxylic acids is 1. The standard InChI is InChI=1S/C14H20F2N2O2/c1-4-14(17,5-2)8-18-10-7-6-9(13(19)20-3)11(15)12(10)16/h6-7,18H,4-5,8,17H2,1-3H3. The Labute approximate surface area is 117 Å². The van der Waals surface area contributed by atoms with Crippen molar-refractivity contribution in [1.82, 2.24) is 0 Å². The van der Waals surface area contributed by atoms with E-state index in [2.05, 4.69) is 10.1 Å². The molecule has 0 aromatic heterocycles. The number of benzene rings is 1. The number of esters is 1. The number of nitrogens with two attached hydrogens (primary N) is 1. The van der Waals surface area contributed by atoms with Crippen LogP contribution in [-0.4, -0.2) is 25.2 Å². The van der Waals surface area contributed by atoms with Crippen LogP contribution in [0.5, 0.6) is 0 Å². The highest BCUT2D eigenvalue weighted by Gasteiger charge is 2.23. The number of hydrogen-bond acceptors (Lipinski definition) is 4. The topological polar surface area (TPSA) is 64.3 Å². The smallest absolute Gasteiger partial charge is 0.340 e. The SMILES string of the molecule is CCC(N)(CC)CNc1ccc(C(=O)OC)c(F)c1F. The Morgan fingerprint density at radius 3 is 2.40 bits per heavy atom. The van der Waals surface area contributed by atoms with E-state index < -0.39 is 28.7 Å². The van der Waals surface area contributed by atoms with Gasteiger partial charge in [-0.15, -0.1) is 0 Å². The Bertz CT molecular complexity index is 488. The predicted octanol–water partition coefficient (Wildman–Crippen LogP) is 2.68. The molecule has 0 heterocycles. The molecule has 0 aliphatic heterocycles. The second-order valence-electron chi connectivity index (χ2n) is 4.70. The number of halogens is 2. The minimum Gasteiger partial charge on any atom is -0.465 e. The van der Waals surface area contributed by atoms with Crippen molar-refractivity contribution in [2.75, 3.05) is 19.0 Å². The van der Waals surface area contributed by atoms with Gasteiger partial charge in [-0.05, 0) is 25.0 Å². The molecule has 1 rings (SSSR count). The van der Waals surface area contributed by atoms with Gasteiger partial charge in [-0.1, -0.05) is 13.8 Å². The van der Waals surface area contributed by atoms with Crippen molar-refractivity contribution in [1.29, 1.82) is 0 Å². The van der Waals surface area contributed by atoms with Crippen molar-refractivity contribution < 1.29 is 18.3 Å². The first kappa shape index (κ1) is 16.4. The van der Waals surface area contributed by atoms with E-state index >= 15 is 0 Å². The summed E-state index contributed by atoms with van der Waals surface area (Å²) >= 11 is 0. The first-order chi connectivity index (χ1) is 9.38. The highest BCUT2D eigenvalue weighted by molar-refractivity contribution is 5.90. The summed E-state index contributed by atoms with van der Waals surface area (Å²) in [6, 6.07) is 2.49. The molecule has 3 N–H and O–H groups in total. The Hall–Kier alpha value is -1.69. The summed E-state index contributed by atoms with van der Waals surface area (Å²) in [5.41, 5.74) is 5.15. The minimum atomic E-state index is -1.22. The summed E-state index contributed by atoms with van der Waals surface area (Å²) in [4.78, 5) is 11.2. The highest BCUT2D eigenvalue weighted by Crippen LogP contribution is 2.22. The molecule has 6 heteroatoms. The number of ether oxygens (including phenoxy) is 1. The lowest BCUT2D eigenvalue weighted by atomic mass is 9.94. The fourth-order valence-electron chi connectivity index (χ4n) is 1.72. The number of carbonyl (C=O) groups is 1.